The van der Waals surface area contributed by atoms with Gasteiger partial charge in [-0.15, -0.1) is 0 Å². The van der Waals surface area contributed by atoms with Gasteiger partial charge in [0.15, 0.2) is 0 Å². The van der Waals surface area contributed by atoms with E-state index >= 15 is 0 Å². The first-order chi connectivity index (χ1) is 9.68. The van der Waals surface area contributed by atoms with Crippen molar-refractivity contribution in [3.8, 4) is 0 Å². The third-order valence-corrected chi connectivity index (χ3v) is 4.49. The molecule has 1 aliphatic carbocycles. The Kier molecular flexibility index (Phi) is 3.66. The van der Waals surface area contributed by atoms with Gasteiger partial charge in [0.2, 0.25) is 11.8 Å². The molecule has 5 heteroatoms. The minimum Gasteiger partial charge on any atom is -0.352 e. The molecule has 1 N–H and O–H groups in total. The number of benzene rings is 1. The molecular formula is C15H17ClN2O2. The van der Waals surface area contributed by atoms with Gasteiger partial charge in [-0.1, -0.05) is 36.2 Å². The molecule has 1 aromatic carbocycles. The lowest BCUT2D eigenvalue weighted by molar-refractivity contribution is -0.148. The van der Waals surface area contributed by atoms with Crippen LogP contribution < -0.4 is 5.32 Å². The largest absolute Gasteiger partial charge is 0.352 e. The van der Waals surface area contributed by atoms with Crippen LogP contribution in [0.5, 0.6) is 0 Å². The lowest BCUT2D eigenvalue weighted by Crippen LogP contribution is -2.54. The second kappa shape index (κ2) is 5.44. The van der Waals surface area contributed by atoms with Crippen LogP contribution in [0.25, 0.3) is 0 Å². The highest BCUT2D eigenvalue weighted by Gasteiger charge is 2.39. The molecule has 20 heavy (non-hydrogen) atoms. The number of rotatable bonds is 2. The van der Waals surface area contributed by atoms with Crippen LogP contribution in [0.4, 0.5) is 0 Å². The summed E-state index contributed by atoms with van der Waals surface area (Å²) in [6, 6.07) is 6.65. The fourth-order valence-electron chi connectivity index (χ4n) is 2.80. The van der Waals surface area contributed by atoms with Crippen molar-refractivity contribution in [3.63, 3.8) is 0 Å². The lowest BCUT2D eigenvalue weighted by Gasteiger charge is -2.39. The number of hydrogen-bond donors (Lipinski definition) is 1. The van der Waals surface area contributed by atoms with Crippen molar-refractivity contribution in [2.75, 3.05) is 13.1 Å². The molecule has 106 valence electrons. The van der Waals surface area contributed by atoms with E-state index in [-0.39, 0.29) is 17.7 Å². The Labute approximate surface area is 123 Å². The van der Waals surface area contributed by atoms with E-state index in [2.05, 4.69) is 5.32 Å². The fraction of sp³-hybridized carbons (Fsp3) is 0.467. The van der Waals surface area contributed by atoms with Gasteiger partial charge in [-0.2, -0.15) is 0 Å². The van der Waals surface area contributed by atoms with E-state index < -0.39 is 6.04 Å². The SMILES string of the molecule is O=C1NCCN(C(=O)C2CCC2)[C@@H]1c1ccccc1Cl. The smallest absolute Gasteiger partial charge is 0.247 e. The monoisotopic (exact) mass is 292 g/mol. The number of halogens is 1. The van der Waals surface area contributed by atoms with Crippen LogP contribution in [0.2, 0.25) is 5.02 Å². The van der Waals surface area contributed by atoms with Crippen molar-refractivity contribution in [3.05, 3.63) is 34.9 Å². The average molecular weight is 293 g/mol. The van der Waals surface area contributed by atoms with Gasteiger partial charge in [0.05, 0.1) is 0 Å². The molecule has 2 aliphatic rings. The molecule has 1 heterocycles. The molecule has 1 aliphatic heterocycles. The molecule has 2 fully saturated rings. The maximum atomic E-state index is 12.5. The fourth-order valence-corrected chi connectivity index (χ4v) is 3.04. The average Bonchev–Trinajstić information content (AvgIpc) is 2.37. The van der Waals surface area contributed by atoms with E-state index in [0.29, 0.717) is 23.7 Å². The van der Waals surface area contributed by atoms with Crippen LogP contribution in [0.1, 0.15) is 30.9 Å². The van der Waals surface area contributed by atoms with Gasteiger partial charge in [0, 0.05) is 29.6 Å². The first-order valence-corrected chi connectivity index (χ1v) is 7.39. The molecule has 0 aromatic heterocycles. The second-order valence-electron chi connectivity index (χ2n) is 5.37. The lowest BCUT2D eigenvalue weighted by atomic mass is 9.83. The van der Waals surface area contributed by atoms with E-state index in [9.17, 15) is 9.59 Å². The van der Waals surface area contributed by atoms with Crippen molar-refractivity contribution in [2.24, 2.45) is 5.92 Å². The second-order valence-corrected chi connectivity index (χ2v) is 5.78. The molecule has 1 aromatic rings. The molecule has 0 spiro atoms. The first kappa shape index (κ1) is 13.4. The van der Waals surface area contributed by atoms with E-state index in [0.717, 1.165) is 19.3 Å². The van der Waals surface area contributed by atoms with Gasteiger partial charge in [0.1, 0.15) is 6.04 Å². The summed E-state index contributed by atoms with van der Waals surface area (Å²) >= 11 is 6.20. The standard InChI is InChI=1S/C15H17ClN2O2/c16-12-7-2-1-6-11(12)13-14(19)17-8-9-18(13)15(20)10-4-3-5-10/h1-2,6-7,10,13H,3-5,8-9H2,(H,17,19)/t13-/m1/s1. The Bertz CT molecular complexity index is 542. The number of nitrogens with zero attached hydrogens (tertiary/aromatic N) is 1. The third-order valence-electron chi connectivity index (χ3n) is 4.15. The predicted molar refractivity (Wildman–Crippen MR) is 76.3 cm³/mol. The van der Waals surface area contributed by atoms with E-state index in [1.807, 2.05) is 18.2 Å². The minimum atomic E-state index is -0.592. The molecule has 1 atom stereocenters. The Morgan fingerprint density at radius 2 is 2.05 bits per heavy atom. The summed E-state index contributed by atoms with van der Waals surface area (Å²) in [5.41, 5.74) is 0.707. The number of hydrogen-bond acceptors (Lipinski definition) is 2. The summed E-state index contributed by atoms with van der Waals surface area (Å²) < 4.78 is 0. The molecule has 0 radical (unpaired) electrons. The first-order valence-electron chi connectivity index (χ1n) is 7.01. The number of carbonyl (C=O) groups is 2. The van der Waals surface area contributed by atoms with E-state index in [1.54, 1.807) is 11.0 Å². The Morgan fingerprint density at radius 1 is 1.30 bits per heavy atom. The number of piperazine rings is 1. The van der Waals surface area contributed by atoms with Gasteiger partial charge in [-0.3, -0.25) is 9.59 Å². The van der Waals surface area contributed by atoms with Crippen LogP contribution >= 0.6 is 11.6 Å². The van der Waals surface area contributed by atoms with Gasteiger partial charge in [-0.25, -0.2) is 0 Å². The Hall–Kier alpha value is -1.55. The third kappa shape index (κ3) is 2.29. The summed E-state index contributed by atoms with van der Waals surface area (Å²) in [4.78, 5) is 26.4. The number of amides is 2. The Balaban J connectivity index is 1.92. The number of nitrogens with one attached hydrogen (secondary N) is 1. The summed E-state index contributed by atoms with van der Waals surface area (Å²) in [6.45, 7) is 1.06. The summed E-state index contributed by atoms with van der Waals surface area (Å²) in [5, 5.41) is 3.35. The summed E-state index contributed by atoms with van der Waals surface area (Å²) in [5.74, 6) is 0.0407. The normalized spacial score (nSPS) is 23.1. The minimum absolute atomic E-state index is 0.0888. The maximum absolute atomic E-state index is 12.5. The van der Waals surface area contributed by atoms with Gasteiger partial charge in [-0.05, 0) is 18.9 Å². The predicted octanol–water partition coefficient (Wildman–Crippen LogP) is 2.14. The Morgan fingerprint density at radius 3 is 2.70 bits per heavy atom. The summed E-state index contributed by atoms with van der Waals surface area (Å²) in [6.07, 6.45) is 2.98. The highest BCUT2D eigenvalue weighted by Crippen LogP contribution is 2.34. The molecular weight excluding hydrogens is 276 g/mol. The van der Waals surface area contributed by atoms with E-state index in [4.69, 9.17) is 11.6 Å². The van der Waals surface area contributed by atoms with Crippen molar-refractivity contribution in [1.82, 2.24) is 10.2 Å². The van der Waals surface area contributed by atoms with Gasteiger partial charge in [0.25, 0.3) is 0 Å². The van der Waals surface area contributed by atoms with Crippen LogP contribution in [0.3, 0.4) is 0 Å². The summed E-state index contributed by atoms with van der Waals surface area (Å²) in [7, 11) is 0. The molecule has 2 amide bonds. The quantitative estimate of drug-likeness (QED) is 0.908. The number of carbonyl (C=O) groups excluding carboxylic acids is 2. The molecule has 1 saturated carbocycles. The van der Waals surface area contributed by atoms with Gasteiger partial charge >= 0.3 is 0 Å². The van der Waals surface area contributed by atoms with Crippen LogP contribution in [0.15, 0.2) is 24.3 Å². The highest BCUT2D eigenvalue weighted by atomic mass is 35.5. The maximum Gasteiger partial charge on any atom is 0.247 e. The highest BCUT2D eigenvalue weighted by molar-refractivity contribution is 6.31. The van der Waals surface area contributed by atoms with Gasteiger partial charge < -0.3 is 10.2 Å². The molecule has 3 rings (SSSR count). The topological polar surface area (TPSA) is 49.4 Å². The van der Waals surface area contributed by atoms with Crippen LogP contribution in [0, 0.1) is 5.92 Å². The zero-order valence-corrected chi connectivity index (χ0v) is 11.9. The van der Waals surface area contributed by atoms with Crippen molar-refractivity contribution >= 4 is 23.4 Å². The molecule has 0 bridgehead atoms. The van der Waals surface area contributed by atoms with Crippen molar-refractivity contribution in [2.45, 2.75) is 25.3 Å². The van der Waals surface area contributed by atoms with E-state index in [1.165, 1.54) is 0 Å². The van der Waals surface area contributed by atoms with Crippen LogP contribution in [-0.2, 0) is 9.59 Å². The van der Waals surface area contributed by atoms with Crippen LogP contribution in [-0.4, -0.2) is 29.8 Å². The molecule has 0 unspecified atom stereocenters. The molecule has 4 nitrogen and oxygen atoms in total. The zero-order valence-electron chi connectivity index (χ0n) is 11.1. The zero-order chi connectivity index (χ0) is 14.1. The molecule has 1 saturated heterocycles. The van der Waals surface area contributed by atoms with Crippen molar-refractivity contribution in [1.29, 1.82) is 0 Å². The van der Waals surface area contributed by atoms with Crippen molar-refractivity contribution < 1.29 is 9.59 Å².